The first-order valence-corrected chi connectivity index (χ1v) is 11.8. The second-order valence-corrected chi connectivity index (χ2v) is 8.62. The molecule has 10 nitrogen and oxygen atoms in total. The minimum absolute atomic E-state index is 0.0456. The third-order valence-corrected chi connectivity index (χ3v) is 6.47. The molecule has 4 aromatic rings. The SMILES string of the molecule is COc1ccc(C2C(C(=O)Nc3cccc(-n4cnnn4)c3)CCC(=O)N2c2ccc(OC)cc2)cc1. The summed E-state index contributed by atoms with van der Waals surface area (Å²) in [6.07, 6.45) is 2.16. The van der Waals surface area contributed by atoms with Crippen LogP contribution in [0.15, 0.2) is 79.1 Å². The van der Waals surface area contributed by atoms with E-state index in [0.717, 1.165) is 5.56 Å². The van der Waals surface area contributed by atoms with Crippen molar-refractivity contribution < 1.29 is 19.1 Å². The highest BCUT2D eigenvalue weighted by Crippen LogP contribution is 2.41. The van der Waals surface area contributed by atoms with Crippen LogP contribution in [0.5, 0.6) is 11.5 Å². The van der Waals surface area contributed by atoms with E-state index in [1.807, 2.05) is 66.7 Å². The minimum atomic E-state index is -0.511. The van der Waals surface area contributed by atoms with Gasteiger partial charge in [0.05, 0.1) is 31.9 Å². The molecule has 1 aromatic heterocycles. The van der Waals surface area contributed by atoms with E-state index in [2.05, 4.69) is 20.8 Å². The van der Waals surface area contributed by atoms with Crippen molar-refractivity contribution in [3.63, 3.8) is 0 Å². The molecule has 37 heavy (non-hydrogen) atoms. The monoisotopic (exact) mass is 498 g/mol. The molecule has 1 saturated heterocycles. The number of piperidine rings is 1. The van der Waals surface area contributed by atoms with Gasteiger partial charge in [0.25, 0.3) is 0 Å². The lowest BCUT2D eigenvalue weighted by Crippen LogP contribution is -2.47. The molecule has 0 aliphatic carbocycles. The Bertz CT molecular complexity index is 1370. The molecule has 0 bridgehead atoms. The molecule has 2 atom stereocenters. The van der Waals surface area contributed by atoms with Gasteiger partial charge in [-0.1, -0.05) is 18.2 Å². The molecule has 0 spiro atoms. The number of anilines is 2. The fourth-order valence-corrected chi connectivity index (χ4v) is 4.64. The van der Waals surface area contributed by atoms with Crippen LogP contribution in [0.1, 0.15) is 24.4 Å². The lowest BCUT2D eigenvalue weighted by molar-refractivity contribution is -0.125. The summed E-state index contributed by atoms with van der Waals surface area (Å²) in [5, 5.41) is 14.3. The summed E-state index contributed by atoms with van der Waals surface area (Å²) in [7, 11) is 3.19. The van der Waals surface area contributed by atoms with Crippen molar-refractivity contribution in [2.45, 2.75) is 18.9 Å². The second kappa shape index (κ2) is 10.5. The Morgan fingerprint density at radius 2 is 1.65 bits per heavy atom. The number of ether oxygens (including phenoxy) is 2. The van der Waals surface area contributed by atoms with E-state index in [4.69, 9.17) is 9.47 Å². The normalized spacial score (nSPS) is 17.4. The zero-order valence-electron chi connectivity index (χ0n) is 20.4. The standard InChI is InChI=1S/C27H26N6O4/c1-36-22-10-6-18(7-11-22)26-24(14-15-25(34)33(26)20-8-12-23(37-2)13-9-20)27(35)29-19-4-3-5-21(16-19)32-17-28-30-31-32/h3-13,16-17,24,26H,14-15H2,1-2H3,(H,29,35). The van der Waals surface area contributed by atoms with Gasteiger partial charge in [0.15, 0.2) is 0 Å². The highest BCUT2D eigenvalue weighted by Gasteiger charge is 2.41. The molecule has 10 heteroatoms. The average Bonchev–Trinajstić information content (AvgIpc) is 3.48. The van der Waals surface area contributed by atoms with E-state index < -0.39 is 12.0 Å². The third kappa shape index (κ3) is 4.99. The fraction of sp³-hybridized carbons (Fsp3) is 0.222. The Kier molecular flexibility index (Phi) is 6.80. The summed E-state index contributed by atoms with van der Waals surface area (Å²) in [6.45, 7) is 0. The van der Waals surface area contributed by atoms with Crippen LogP contribution in [0, 0.1) is 5.92 Å². The van der Waals surface area contributed by atoms with E-state index >= 15 is 0 Å². The maximum absolute atomic E-state index is 13.7. The molecule has 188 valence electrons. The number of amides is 2. The Morgan fingerprint density at radius 3 is 2.30 bits per heavy atom. The van der Waals surface area contributed by atoms with Gasteiger partial charge in [-0.15, -0.1) is 5.10 Å². The minimum Gasteiger partial charge on any atom is -0.497 e. The molecular weight excluding hydrogens is 472 g/mol. The topological polar surface area (TPSA) is 111 Å². The number of tetrazole rings is 1. The van der Waals surface area contributed by atoms with Crippen LogP contribution < -0.4 is 19.7 Å². The molecule has 3 aromatic carbocycles. The highest BCUT2D eigenvalue weighted by molar-refractivity contribution is 6.00. The second-order valence-electron chi connectivity index (χ2n) is 8.62. The molecule has 2 heterocycles. The van der Waals surface area contributed by atoms with Crippen molar-refractivity contribution in [1.82, 2.24) is 20.2 Å². The van der Waals surface area contributed by atoms with E-state index in [0.29, 0.717) is 35.0 Å². The Morgan fingerprint density at radius 1 is 0.946 bits per heavy atom. The first-order chi connectivity index (χ1) is 18.1. The van der Waals surface area contributed by atoms with Crippen LogP contribution in [0.25, 0.3) is 5.69 Å². The number of aromatic nitrogens is 4. The number of carbonyl (C=O) groups is 2. The Labute approximate surface area is 213 Å². The van der Waals surface area contributed by atoms with Gasteiger partial charge in [-0.2, -0.15) is 0 Å². The van der Waals surface area contributed by atoms with Crippen molar-refractivity contribution in [2.24, 2.45) is 5.92 Å². The van der Waals surface area contributed by atoms with Crippen LogP contribution in [-0.4, -0.2) is 46.2 Å². The van der Waals surface area contributed by atoms with Gasteiger partial charge in [-0.05, 0) is 77.0 Å². The number of nitrogens with one attached hydrogen (secondary N) is 1. The van der Waals surface area contributed by atoms with E-state index in [1.165, 1.54) is 11.0 Å². The largest absolute Gasteiger partial charge is 0.497 e. The zero-order valence-corrected chi connectivity index (χ0v) is 20.4. The number of methoxy groups -OCH3 is 2. The summed E-state index contributed by atoms with van der Waals surface area (Å²) in [5.41, 5.74) is 2.87. The third-order valence-electron chi connectivity index (χ3n) is 6.47. The highest BCUT2D eigenvalue weighted by atomic mass is 16.5. The van der Waals surface area contributed by atoms with Gasteiger partial charge >= 0.3 is 0 Å². The summed E-state index contributed by atoms with van der Waals surface area (Å²) < 4.78 is 12.1. The van der Waals surface area contributed by atoms with Crippen LogP contribution in [0.2, 0.25) is 0 Å². The summed E-state index contributed by atoms with van der Waals surface area (Å²) in [6, 6.07) is 21.5. The first-order valence-electron chi connectivity index (χ1n) is 11.8. The van der Waals surface area contributed by atoms with Gasteiger partial charge in [0, 0.05) is 17.8 Å². The van der Waals surface area contributed by atoms with Crippen LogP contribution >= 0.6 is 0 Å². The Balaban J connectivity index is 1.49. The van der Waals surface area contributed by atoms with E-state index in [9.17, 15) is 9.59 Å². The number of nitrogens with zero attached hydrogens (tertiary/aromatic N) is 5. The van der Waals surface area contributed by atoms with Crippen LogP contribution in [0.3, 0.4) is 0 Å². The van der Waals surface area contributed by atoms with Crippen molar-refractivity contribution >= 4 is 23.2 Å². The van der Waals surface area contributed by atoms with Gasteiger partial charge in [-0.3, -0.25) is 9.59 Å². The molecule has 1 N–H and O–H groups in total. The van der Waals surface area contributed by atoms with Crippen molar-refractivity contribution in [3.05, 3.63) is 84.7 Å². The maximum Gasteiger partial charge on any atom is 0.229 e. The predicted molar refractivity (Wildman–Crippen MR) is 137 cm³/mol. The lowest BCUT2D eigenvalue weighted by Gasteiger charge is -2.41. The van der Waals surface area contributed by atoms with Crippen LogP contribution in [-0.2, 0) is 9.59 Å². The maximum atomic E-state index is 13.7. The summed E-state index contributed by atoms with van der Waals surface area (Å²) in [5.74, 6) is 0.662. The molecule has 1 fully saturated rings. The van der Waals surface area contributed by atoms with Gasteiger partial charge in [-0.25, -0.2) is 4.68 Å². The first kappa shape index (κ1) is 24.0. The van der Waals surface area contributed by atoms with Crippen molar-refractivity contribution in [2.75, 3.05) is 24.4 Å². The number of hydrogen-bond donors (Lipinski definition) is 1. The number of hydrogen-bond acceptors (Lipinski definition) is 7. The van der Waals surface area contributed by atoms with Crippen molar-refractivity contribution in [1.29, 1.82) is 0 Å². The van der Waals surface area contributed by atoms with E-state index in [-0.39, 0.29) is 18.2 Å². The molecule has 2 amide bonds. The Hall–Kier alpha value is -4.73. The van der Waals surface area contributed by atoms with Gasteiger partial charge < -0.3 is 19.7 Å². The molecule has 0 radical (unpaired) electrons. The molecule has 5 rings (SSSR count). The number of benzene rings is 3. The smallest absolute Gasteiger partial charge is 0.229 e. The predicted octanol–water partition coefficient (Wildman–Crippen LogP) is 3.80. The fourth-order valence-electron chi connectivity index (χ4n) is 4.64. The zero-order chi connectivity index (χ0) is 25.8. The number of carbonyl (C=O) groups excluding carboxylic acids is 2. The average molecular weight is 499 g/mol. The van der Waals surface area contributed by atoms with Gasteiger partial charge in [0.2, 0.25) is 11.8 Å². The van der Waals surface area contributed by atoms with Gasteiger partial charge in [0.1, 0.15) is 17.8 Å². The molecule has 0 saturated carbocycles. The van der Waals surface area contributed by atoms with E-state index in [1.54, 1.807) is 25.2 Å². The van der Waals surface area contributed by atoms with Crippen molar-refractivity contribution in [3.8, 4) is 17.2 Å². The molecule has 2 unspecified atom stereocenters. The molecule has 1 aliphatic heterocycles. The van der Waals surface area contributed by atoms with Crippen LogP contribution in [0.4, 0.5) is 11.4 Å². The quantitative estimate of drug-likeness (QED) is 0.412. The lowest BCUT2D eigenvalue weighted by atomic mass is 9.83. The molecular formula is C27H26N6O4. The molecule has 1 aliphatic rings. The number of rotatable bonds is 7. The summed E-state index contributed by atoms with van der Waals surface area (Å²) in [4.78, 5) is 28.7. The summed E-state index contributed by atoms with van der Waals surface area (Å²) >= 11 is 0.